The van der Waals surface area contributed by atoms with Crippen molar-refractivity contribution < 1.29 is 5.11 Å². The largest absolute Gasteiger partial charge is 0.383 e. The lowest BCUT2D eigenvalue weighted by molar-refractivity contribution is 0.0677. The second-order valence-corrected chi connectivity index (χ2v) is 7.44. The number of hydrogen-bond acceptors (Lipinski definition) is 4. The number of benzene rings is 1. The smallest absolute Gasteiger partial charge is 0.191 e. The Morgan fingerprint density at radius 1 is 1.26 bits per heavy atom. The number of thiophene rings is 1. The van der Waals surface area contributed by atoms with Crippen LogP contribution in [0.1, 0.15) is 26.3 Å². The summed E-state index contributed by atoms with van der Waals surface area (Å²) in [6.07, 6.45) is 0. The van der Waals surface area contributed by atoms with E-state index in [1.165, 1.54) is 5.69 Å². The number of hydrogen-bond donors (Lipinski definition) is 3. The van der Waals surface area contributed by atoms with Crippen molar-refractivity contribution in [1.82, 2.24) is 10.6 Å². The topological polar surface area (TPSA) is 59.9 Å². The molecule has 0 saturated carbocycles. The normalized spacial score (nSPS) is 14.6. The van der Waals surface area contributed by atoms with Gasteiger partial charge in [-0.25, -0.2) is 4.99 Å². The molecule has 0 aliphatic rings. The van der Waals surface area contributed by atoms with Gasteiger partial charge >= 0.3 is 0 Å². The van der Waals surface area contributed by atoms with E-state index in [4.69, 9.17) is 0 Å². The molecule has 5 nitrogen and oxygen atoms in total. The molecule has 0 aliphatic heterocycles. The number of halogens is 1. The molecule has 0 aliphatic carbocycles. The third-order valence-corrected chi connectivity index (χ3v) is 5.11. The van der Waals surface area contributed by atoms with Crippen molar-refractivity contribution in [3.63, 3.8) is 0 Å². The monoisotopic (exact) mass is 502 g/mol. The van der Waals surface area contributed by atoms with E-state index in [9.17, 15) is 5.11 Å². The van der Waals surface area contributed by atoms with Crippen LogP contribution in [-0.2, 0) is 5.60 Å². The molecule has 1 aromatic heterocycles. The van der Waals surface area contributed by atoms with Crippen molar-refractivity contribution >= 4 is 47.0 Å². The second-order valence-electron chi connectivity index (χ2n) is 6.66. The fourth-order valence-corrected chi connectivity index (χ4v) is 3.32. The summed E-state index contributed by atoms with van der Waals surface area (Å²) in [6.45, 7) is 7.84. The molecule has 150 valence electrons. The minimum Gasteiger partial charge on any atom is -0.383 e. The van der Waals surface area contributed by atoms with Crippen LogP contribution in [0.3, 0.4) is 0 Å². The molecule has 2 aromatic rings. The molecule has 0 fully saturated rings. The molecule has 0 amide bonds. The number of rotatable bonds is 8. The summed E-state index contributed by atoms with van der Waals surface area (Å²) in [4.78, 5) is 6.81. The number of nitrogens with zero attached hydrogens (tertiary/aromatic N) is 2. The standard InChI is InChI=1S/C20H30N4OS.HI/c1-5-21-19(23-15-20(3,25)17-11-12-26-14-17)22-13-16(2)24(4)18-9-7-6-8-10-18;/h6-12,14,16,25H,5,13,15H2,1-4H3,(H2,21,22,23);1H. The second kappa shape index (κ2) is 11.5. The van der Waals surface area contributed by atoms with Gasteiger partial charge in [0.1, 0.15) is 5.60 Å². The Balaban J connectivity index is 0.00000364. The first kappa shape index (κ1) is 23.7. The summed E-state index contributed by atoms with van der Waals surface area (Å²) in [5, 5.41) is 21.2. The van der Waals surface area contributed by atoms with Crippen LogP contribution in [-0.4, -0.2) is 43.8 Å². The quantitative estimate of drug-likeness (QED) is 0.293. The van der Waals surface area contributed by atoms with Crippen molar-refractivity contribution in [2.45, 2.75) is 32.4 Å². The Morgan fingerprint density at radius 3 is 2.56 bits per heavy atom. The zero-order valence-electron chi connectivity index (χ0n) is 16.5. The lowest BCUT2D eigenvalue weighted by Crippen LogP contribution is -2.45. The summed E-state index contributed by atoms with van der Waals surface area (Å²) < 4.78 is 0. The van der Waals surface area contributed by atoms with Crippen LogP contribution in [0, 0.1) is 0 Å². The predicted octanol–water partition coefficient (Wildman–Crippen LogP) is 3.65. The minimum absolute atomic E-state index is 0. The molecule has 1 aromatic carbocycles. The molecule has 1 heterocycles. The van der Waals surface area contributed by atoms with Gasteiger partial charge in [-0.2, -0.15) is 11.3 Å². The van der Waals surface area contributed by atoms with Gasteiger partial charge in [0.2, 0.25) is 0 Å². The Bertz CT molecular complexity index is 677. The number of nitrogens with one attached hydrogen (secondary N) is 2. The molecule has 2 rings (SSSR count). The van der Waals surface area contributed by atoms with Gasteiger partial charge in [-0.05, 0) is 55.3 Å². The lowest BCUT2D eigenvalue weighted by atomic mass is 10.00. The number of aliphatic imine (C=N–C) groups is 1. The van der Waals surface area contributed by atoms with E-state index in [-0.39, 0.29) is 24.0 Å². The Labute approximate surface area is 183 Å². The van der Waals surface area contributed by atoms with Crippen LogP contribution in [0.5, 0.6) is 0 Å². The number of likely N-dealkylation sites (N-methyl/N-ethyl adjacent to an activating group) is 1. The Hall–Kier alpha value is -1.32. The van der Waals surface area contributed by atoms with Gasteiger partial charge in [0.25, 0.3) is 0 Å². The maximum atomic E-state index is 10.6. The minimum atomic E-state index is -0.963. The van der Waals surface area contributed by atoms with Gasteiger partial charge in [-0.1, -0.05) is 18.2 Å². The van der Waals surface area contributed by atoms with Crippen molar-refractivity contribution in [3.8, 4) is 0 Å². The summed E-state index contributed by atoms with van der Waals surface area (Å²) >= 11 is 1.58. The summed E-state index contributed by atoms with van der Waals surface area (Å²) in [6, 6.07) is 12.6. The van der Waals surface area contributed by atoms with Crippen LogP contribution < -0.4 is 15.5 Å². The SMILES string of the molecule is CCNC(=NCC(C)(O)c1ccsc1)NCC(C)N(C)c1ccccc1.I. The molecule has 0 bridgehead atoms. The van der Waals surface area contributed by atoms with E-state index in [1.807, 2.05) is 41.9 Å². The van der Waals surface area contributed by atoms with E-state index in [2.05, 4.69) is 46.6 Å². The Morgan fingerprint density at radius 2 is 1.96 bits per heavy atom. The summed E-state index contributed by atoms with van der Waals surface area (Å²) in [5.74, 6) is 0.719. The van der Waals surface area contributed by atoms with Gasteiger partial charge < -0.3 is 20.6 Å². The number of aliphatic hydroxyl groups is 1. The predicted molar refractivity (Wildman–Crippen MR) is 128 cm³/mol. The van der Waals surface area contributed by atoms with Gasteiger partial charge in [0, 0.05) is 31.9 Å². The molecule has 7 heteroatoms. The van der Waals surface area contributed by atoms with Gasteiger partial charge in [-0.3, -0.25) is 0 Å². The number of anilines is 1. The Kier molecular flexibility index (Phi) is 10.1. The molecular formula is C20H31IN4OS. The van der Waals surface area contributed by atoms with Gasteiger partial charge in [-0.15, -0.1) is 24.0 Å². The zero-order valence-corrected chi connectivity index (χ0v) is 19.6. The molecule has 3 N–H and O–H groups in total. The van der Waals surface area contributed by atoms with E-state index in [0.717, 1.165) is 24.6 Å². The maximum absolute atomic E-state index is 10.6. The lowest BCUT2D eigenvalue weighted by Gasteiger charge is -2.28. The highest BCUT2D eigenvalue weighted by atomic mass is 127. The zero-order chi connectivity index (χ0) is 19.0. The average Bonchev–Trinajstić information content (AvgIpc) is 3.19. The van der Waals surface area contributed by atoms with Crippen LogP contribution >= 0.6 is 35.3 Å². The fourth-order valence-electron chi connectivity index (χ4n) is 2.54. The van der Waals surface area contributed by atoms with E-state index >= 15 is 0 Å². The fraction of sp³-hybridized carbons (Fsp3) is 0.450. The summed E-state index contributed by atoms with van der Waals surface area (Å²) in [7, 11) is 2.09. The van der Waals surface area contributed by atoms with Crippen LogP contribution in [0.25, 0.3) is 0 Å². The van der Waals surface area contributed by atoms with Gasteiger partial charge in [0.05, 0.1) is 6.54 Å². The molecule has 0 radical (unpaired) electrons. The highest BCUT2D eigenvalue weighted by Gasteiger charge is 2.23. The summed E-state index contributed by atoms with van der Waals surface area (Å²) in [5.41, 5.74) is 1.12. The molecule has 27 heavy (non-hydrogen) atoms. The highest BCUT2D eigenvalue weighted by Crippen LogP contribution is 2.23. The van der Waals surface area contributed by atoms with E-state index in [0.29, 0.717) is 12.6 Å². The molecule has 2 unspecified atom stereocenters. The first-order valence-corrected chi connectivity index (χ1v) is 9.93. The molecular weight excluding hydrogens is 471 g/mol. The maximum Gasteiger partial charge on any atom is 0.191 e. The van der Waals surface area contributed by atoms with Crippen molar-refractivity contribution in [1.29, 1.82) is 0 Å². The van der Waals surface area contributed by atoms with Crippen LogP contribution in [0.2, 0.25) is 0 Å². The van der Waals surface area contributed by atoms with Gasteiger partial charge in [0.15, 0.2) is 5.96 Å². The number of para-hydroxylation sites is 1. The third-order valence-electron chi connectivity index (χ3n) is 4.42. The van der Waals surface area contributed by atoms with Crippen molar-refractivity contribution in [2.24, 2.45) is 4.99 Å². The average molecular weight is 502 g/mol. The van der Waals surface area contributed by atoms with E-state index < -0.39 is 5.60 Å². The van der Waals surface area contributed by atoms with E-state index in [1.54, 1.807) is 18.3 Å². The molecule has 0 spiro atoms. The first-order chi connectivity index (χ1) is 12.4. The number of guanidine groups is 1. The first-order valence-electron chi connectivity index (χ1n) is 8.99. The highest BCUT2D eigenvalue weighted by molar-refractivity contribution is 14.0. The van der Waals surface area contributed by atoms with Crippen molar-refractivity contribution in [2.75, 3.05) is 31.6 Å². The third kappa shape index (κ3) is 7.31. The van der Waals surface area contributed by atoms with Crippen LogP contribution in [0.4, 0.5) is 5.69 Å². The molecule has 0 saturated heterocycles. The molecule has 2 atom stereocenters. The van der Waals surface area contributed by atoms with Crippen LogP contribution in [0.15, 0.2) is 52.2 Å². The van der Waals surface area contributed by atoms with Crippen molar-refractivity contribution in [3.05, 3.63) is 52.7 Å².